The van der Waals surface area contributed by atoms with E-state index in [0.29, 0.717) is 18.7 Å². The first-order valence-electron chi connectivity index (χ1n) is 11.4. The molecule has 32 heavy (non-hydrogen) atoms. The standard InChI is InChI=1S/C24H33N3O4S/c1-14-13-16-17(20(29)25-15-9-6-5-7-10-15)18-22(31)27(11-8-12-28)19(24(14,18)32-16)21(30)26-23(2,3)4/h5-7,9-10,14,16-19,28H,8,11-13H2,1-4H3,(H,25,29)(H,26,30)/t14?,16-,17+,18+,19?,24?/m1/s1. The molecule has 3 heterocycles. The number of thioether (sulfide) groups is 1. The van der Waals surface area contributed by atoms with Crippen molar-refractivity contribution in [2.24, 2.45) is 17.8 Å². The topological polar surface area (TPSA) is 98.7 Å². The third-order valence-corrected chi connectivity index (χ3v) is 8.97. The first-order valence-corrected chi connectivity index (χ1v) is 12.2. The molecule has 174 valence electrons. The van der Waals surface area contributed by atoms with Gasteiger partial charge in [0.1, 0.15) is 6.04 Å². The number of hydrogen-bond acceptors (Lipinski definition) is 5. The van der Waals surface area contributed by atoms with Crippen molar-refractivity contribution >= 4 is 35.2 Å². The zero-order valence-corrected chi connectivity index (χ0v) is 19.9. The van der Waals surface area contributed by atoms with Crippen LogP contribution in [0.25, 0.3) is 0 Å². The Morgan fingerprint density at radius 1 is 1.22 bits per heavy atom. The summed E-state index contributed by atoms with van der Waals surface area (Å²) in [5.41, 5.74) is 0.267. The molecule has 0 aromatic heterocycles. The highest BCUT2D eigenvalue weighted by Crippen LogP contribution is 2.68. The van der Waals surface area contributed by atoms with Crippen LogP contribution in [0, 0.1) is 17.8 Å². The minimum absolute atomic E-state index is 0.00703. The monoisotopic (exact) mass is 459 g/mol. The number of carbonyl (C=O) groups excluding carboxylic acids is 3. The Kier molecular flexibility index (Phi) is 6.05. The molecule has 3 aliphatic heterocycles. The first-order chi connectivity index (χ1) is 15.1. The van der Waals surface area contributed by atoms with Gasteiger partial charge in [-0.05, 0) is 51.7 Å². The minimum atomic E-state index is -0.648. The fraction of sp³-hybridized carbons (Fsp3) is 0.625. The van der Waals surface area contributed by atoms with E-state index >= 15 is 0 Å². The Morgan fingerprint density at radius 2 is 1.91 bits per heavy atom. The molecule has 0 radical (unpaired) electrons. The average Bonchev–Trinajstić information content (AvgIpc) is 3.29. The molecule has 3 aliphatic rings. The highest BCUT2D eigenvalue weighted by atomic mass is 32.2. The predicted octanol–water partition coefficient (Wildman–Crippen LogP) is 2.26. The highest BCUT2D eigenvalue weighted by molar-refractivity contribution is 8.02. The van der Waals surface area contributed by atoms with E-state index in [-0.39, 0.29) is 35.5 Å². The smallest absolute Gasteiger partial charge is 0.244 e. The molecule has 3 amide bonds. The van der Waals surface area contributed by atoms with Crippen molar-refractivity contribution in [1.82, 2.24) is 10.2 Å². The number of amides is 3. The molecule has 6 atom stereocenters. The van der Waals surface area contributed by atoms with E-state index in [1.165, 1.54) is 0 Å². The zero-order chi connectivity index (χ0) is 23.3. The summed E-state index contributed by atoms with van der Waals surface area (Å²) < 4.78 is -0.634. The van der Waals surface area contributed by atoms with Crippen LogP contribution in [0.4, 0.5) is 5.69 Å². The number of nitrogens with one attached hydrogen (secondary N) is 2. The lowest BCUT2D eigenvalue weighted by molar-refractivity contribution is -0.139. The van der Waals surface area contributed by atoms with E-state index in [4.69, 9.17) is 0 Å². The van der Waals surface area contributed by atoms with Crippen LogP contribution in [-0.4, -0.2) is 62.5 Å². The molecule has 3 saturated heterocycles. The number of anilines is 1. The van der Waals surface area contributed by atoms with Gasteiger partial charge >= 0.3 is 0 Å². The van der Waals surface area contributed by atoms with Gasteiger partial charge < -0.3 is 20.6 Å². The number of hydrogen-bond donors (Lipinski definition) is 3. The molecule has 2 bridgehead atoms. The average molecular weight is 460 g/mol. The van der Waals surface area contributed by atoms with Gasteiger partial charge in [-0.2, -0.15) is 0 Å². The van der Waals surface area contributed by atoms with Crippen molar-refractivity contribution in [3.63, 3.8) is 0 Å². The van der Waals surface area contributed by atoms with Gasteiger partial charge in [0.05, 0.1) is 16.6 Å². The molecule has 8 heteroatoms. The van der Waals surface area contributed by atoms with Gasteiger partial charge in [-0.15, -0.1) is 11.8 Å². The maximum Gasteiger partial charge on any atom is 0.244 e. The maximum absolute atomic E-state index is 13.7. The van der Waals surface area contributed by atoms with E-state index in [1.54, 1.807) is 16.7 Å². The van der Waals surface area contributed by atoms with Crippen LogP contribution < -0.4 is 10.6 Å². The molecule has 3 N–H and O–H groups in total. The molecule has 1 spiro atoms. The van der Waals surface area contributed by atoms with Gasteiger partial charge in [-0.3, -0.25) is 14.4 Å². The fourth-order valence-electron chi connectivity index (χ4n) is 5.79. The van der Waals surface area contributed by atoms with Crippen molar-refractivity contribution < 1.29 is 19.5 Å². The third kappa shape index (κ3) is 3.71. The molecule has 1 aromatic rings. The quantitative estimate of drug-likeness (QED) is 0.606. The first kappa shape index (κ1) is 23.1. The lowest BCUT2D eigenvalue weighted by atomic mass is 9.65. The predicted molar refractivity (Wildman–Crippen MR) is 125 cm³/mol. The van der Waals surface area contributed by atoms with Crippen molar-refractivity contribution in [1.29, 1.82) is 0 Å². The van der Waals surface area contributed by atoms with E-state index < -0.39 is 28.2 Å². The molecule has 3 fully saturated rings. The summed E-state index contributed by atoms with van der Waals surface area (Å²) in [6.07, 6.45) is 1.20. The van der Waals surface area contributed by atoms with Gasteiger partial charge in [0.15, 0.2) is 0 Å². The van der Waals surface area contributed by atoms with Gasteiger partial charge in [0.25, 0.3) is 0 Å². The number of aliphatic hydroxyl groups is 1. The number of rotatable bonds is 6. The number of benzene rings is 1. The fourth-order valence-corrected chi connectivity index (χ4v) is 8.21. The lowest BCUT2D eigenvalue weighted by Crippen LogP contribution is -2.59. The van der Waals surface area contributed by atoms with Crippen molar-refractivity contribution in [3.8, 4) is 0 Å². The Morgan fingerprint density at radius 3 is 2.53 bits per heavy atom. The number of likely N-dealkylation sites (tertiary alicyclic amines) is 1. The normalized spacial score (nSPS) is 33.3. The minimum Gasteiger partial charge on any atom is -0.396 e. The van der Waals surface area contributed by atoms with E-state index in [9.17, 15) is 19.5 Å². The van der Waals surface area contributed by atoms with Crippen LogP contribution in [0.2, 0.25) is 0 Å². The molecular weight excluding hydrogens is 426 g/mol. The number of fused-ring (bicyclic) bond motifs is 1. The summed E-state index contributed by atoms with van der Waals surface area (Å²) in [5.74, 6) is -1.35. The lowest BCUT2D eigenvalue weighted by Gasteiger charge is -2.39. The Labute approximate surface area is 193 Å². The van der Waals surface area contributed by atoms with Crippen LogP contribution in [0.5, 0.6) is 0 Å². The van der Waals surface area contributed by atoms with Crippen LogP contribution in [0.15, 0.2) is 30.3 Å². The van der Waals surface area contributed by atoms with E-state index in [1.807, 2.05) is 51.1 Å². The summed E-state index contributed by atoms with van der Waals surface area (Å²) in [6.45, 7) is 8.12. The number of aliphatic hydroxyl groups excluding tert-OH is 1. The highest BCUT2D eigenvalue weighted by Gasteiger charge is 2.75. The van der Waals surface area contributed by atoms with Crippen molar-refractivity contribution in [3.05, 3.63) is 30.3 Å². The number of para-hydroxylation sites is 1. The van der Waals surface area contributed by atoms with Crippen LogP contribution in [-0.2, 0) is 14.4 Å². The van der Waals surface area contributed by atoms with Gasteiger partial charge in [-0.1, -0.05) is 25.1 Å². The van der Waals surface area contributed by atoms with Gasteiger partial charge in [0.2, 0.25) is 17.7 Å². The molecule has 4 rings (SSSR count). The van der Waals surface area contributed by atoms with E-state index in [2.05, 4.69) is 17.6 Å². The third-order valence-electron chi connectivity index (χ3n) is 6.89. The van der Waals surface area contributed by atoms with E-state index in [0.717, 1.165) is 6.42 Å². The maximum atomic E-state index is 13.7. The van der Waals surface area contributed by atoms with Gasteiger partial charge in [-0.25, -0.2) is 0 Å². The SMILES string of the molecule is CC1C[C@H]2SC13C(C(=O)NC(C)(C)C)N(CCCO)C(=O)[C@@H]3[C@H]2C(=O)Nc1ccccc1. The van der Waals surface area contributed by atoms with Crippen molar-refractivity contribution in [2.45, 2.75) is 62.1 Å². The molecule has 3 unspecified atom stereocenters. The molecular formula is C24H33N3O4S. The summed E-state index contributed by atoms with van der Waals surface area (Å²) in [6, 6.07) is 8.63. The number of nitrogens with zero attached hydrogens (tertiary/aromatic N) is 1. The van der Waals surface area contributed by atoms with Crippen LogP contribution >= 0.6 is 11.8 Å². The number of carbonyl (C=O) groups is 3. The van der Waals surface area contributed by atoms with Crippen molar-refractivity contribution in [2.75, 3.05) is 18.5 Å². The Bertz CT molecular complexity index is 902. The second-order valence-electron chi connectivity index (χ2n) is 10.3. The molecule has 0 saturated carbocycles. The molecule has 7 nitrogen and oxygen atoms in total. The second-order valence-corrected chi connectivity index (χ2v) is 11.8. The summed E-state index contributed by atoms with van der Waals surface area (Å²) >= 11 is 1.66. The van der Waals surface area contributed by atoms with Crippen LogP contribution in [0.3, 0.4) is 0 Å². The second kappa shape index (κ2) is 8.37. The Hall–Kier alpha value is -2.06. The molecule has 1 aromatic carbocycles. The molecule has 0 aliphatic carbocycles. The summed E-state index contributed by atoms with van der Waals surface area (Å²) in [4.78, 5) is 42.3. The largest absolute Gasteiger partial charge is 0.396 e. The summed E-state index contributed by atoms with van der Waals surface area (Å²) in [5, 5.41) is 15.5. The Balaban J connectivity index is 1.70. The van der Waals surface area contributed by atoms with Gasteiger partial charge in [0, 0.05) is 29.6 Å². The van der Waals surface area contributed by atoms with Crippen LogP contribution in [0.1, 0.15) is 40.5 Å². The summed E-state index contributed by atoms with van der Waals surface area (Å²) in [7, 11) is 0. The zero-order valence-electron chi connectivity index (χ0n) is 19.1.